The van der Waals surface area contributed by atoms with Crippen LogP contribution in [0.2, 0.25) is 0 Å². The van der Waals surface area contributed by atoms with Crippen LogP contribution in [0, 0.1) is 6.92 Å². The molecule has 0 spiro atoms. The van der Waals surface area contributed by atoms with Gasteiger partial charge in [0, 0.05) is 38.8 Å². The minimum absolute atomic E-state index is 0.0549. The number of carbonyl (C=O) groups is 1. The van der Waals surface area contributed by atoms with E-state index in [1.165, 1.54) is 4.31 Å². The van der Waals surface area contributed by atoms with Crippen LogP contribution in [0.3, 0.4) is 0 Å². The summed E-state index contributed by atoms with van der Waals surface area (Å²) in [4.78, 5) is 14.1. The van der Waals surface area contributed by atoms with E-state index < -0.39 is 10.0 Å². The molecule has 1 aromatic carbocycles. The van der Waals surface area contributed by atoms with Gasteiger partial charge in [0.25, 0.3) is 0 Å². The van der Waals surface area contributed by atoms with Crippen molar-refractivity contribution in [1.82, 2.24) is 14.5 Å². The third-order valence-corrected chi connectivity index (χ3v) is 6.03. The SMILES string of the molecule is Cc1ccc(S(=O)(=O)N2CCN(CC(=O)N[C@@H](C)CN)CC2)cc1. The fourth-order valence-electron chi connectivity index (χ4n) is 2.57. The zero-order chi connectivity index (χ0) is 17.7. The van der Waals surface area contributed by atoms with Gasteiger partial charge in [-0.1, -0.05) is 17.7 Å². The molecule has 1 saturated heterocycles. The van der Waals surface area contributed by atoms with Crippen molar-refractivity contribution in [3.63, 3.8) is 0 Å². The number of nitrogens with zero attached hydrogens (tertiary/aromatic N) is 2. The molecule has 0 aromatic heterocycles. The number of benzene rings is 1. The number of sulfonamides is 1. The zero-order valence-electron chi connectivity index (χ0n) is 14.2. The van der Waals surface area contributed by atoms with Crippen LogP contribution in [0.4, 0.5) is 0 Å². The van der Waals surface area contributed by atoms with Crippen molar-refractivity contribution >= 4 is 15.9 Å². The molecule has 2 rings (SSSR count). The lowest BCUT2D eigenvalue weighted by Gasteiger charge is -2.33. The summed E-state index contributed by atoms with van der Waals surface area (Å²) in [5.74, 6) is -0.0807. The lowest BCUT2D eigenvalue weighted by molar-refractivity contribution is -0.123. The second-order valence-electron chi connectivity index (χ2n) is 6.20. The largest absolute Gasteiger partial charge is 0.351 e. The second kappa shape index (κ2) is 8.06. The van der Waals surface area contributed by atoms with E-state index in [1.54, 1.807) is 24.3 Å². The normalized spacial score (nSPS) is 18.3. The Morgan fingerprint density at radius 3 is 2.33 bits per heavy atom. The van der Waals surface area contributed by atoms with Crippen LogP contribution < -0.4 is 11.1 Å². The lowest BCUT2D eigenvalue weighted by atomic mass is 10.2. The van der Waals surface area contributed by atoms with Gasteiger partial charge in [-0.15, -0.1) is 0 Å². The molecule has 1 aromatic rings. The number of aryl methyl sites for hydroxylation is 1. The molecular weight excluding hydrogens is 328 g/mol. The number of hydrogen-bond acceptors (Lipinski definition) is 5. The Bertz CT molecular complexity index is 652. The Morgan fingerprint density at radius 2 is 1.79 bits per heavy atom. The number of amides is 1. The summed E-state index contributed by atoms with van der Waals surface area (Å²) < 4.78 is 26.7. The van der Waals surface area contributed by atoms with Crippen LogP contribution in [0.25, 0.3) is 0 Å². The number of nitrogens with two attached hydrogens (primary N) is 1. The molecule has 1 amide bonds. The first-order chi connectivity index (χ1) is 11.3. The predicted molar refractivity (Wildman–Crippen MR) is 93.0 cm³/mol. The van der Waals surface area contributed by atoms with Gasteiger partial charge < -0.3 is 11.1 Å². The highest BCUT2D eigenvalue weighted by Gasteiger charge is 2.29. The first-order valence-electron chi connectivity index (χ1n) is 8.11. The minimum Gasteiger partial charge on any atom is -0.351 e. The molecule has 24 heavy (non-hydrogen) atoms. The maximum atomic E-state index is 12.6. The maximum absolute atomic E-state index is 12.6. The van der Waals surface area contributed by atoms with Gasteiger partial charge in [0.15, 0.2) is 0 Å². The van der Waals surface area contributed by atoms with E-state index in [2.05, 4.69) is 5.32 Å². The van der Waals surface area contributed by atoms with E-state index in [1.807, 2.05) is 18.7 Å². The van der Waals surface area contributed by atoms with E-state index in [-0.39, 0.29) is 18.5 Å². The fourth-order valence-corrected chi connectivity index (χ4v) is 3.99. The van der Waals surface area contributed by atoms with E-state index in [9.17, 15) is 13.2 Å². The molecule has 1 aliphatic rings. The average Bonchev–Trinajstić information content (AvgIpc) is 2.55. The summed E-state index contributed by atoms with van der Waals surface area (Å²) in [7, 11) is -3.46. The number of piperazine rings is 1. The van der Waals surface area contributed by atoms with Crippen molar-refractivity contribution in [2.45, 2.75) is 24.8 Å². The van der Waals surface area contributed by atoms with Crippen LogP contribution in [0.15, 0.2) is 29.2 Å². The summed E-state index contributed by atoms with van der Waals surface area (Å²) in [5.41, 5.74) is 6.51. The Morgan fingerprint density at radius 1 is 1.21 bits per heavy atom. The Labute approximate surface area is 143 Å². The minimum atomic E-state index is -3.46. The molecule has 8 heteroatoms. The molecule has 134 valence electrons. The Hall–Kier alpha value is -1.48. The molecular formula is C16H26N4O3S. The van der Waals surface area contributed by atoms with E-state index >= 15 is 0 Å². The van der Waals surface area contributed by atoms with E-state index in [4.69, 9.17) is 5.73 Å². The smallest absolute Gasteiger partial charge is 0.243 e. The zero-order valence-corrected chi connectivity index (χ0v) is 15.1. The fraction of sp³-hybridized carbons (Fsp3) is 0.562. The molecule has 0 radical (unpaired) electrons. The van der Waals surface area contributed by atoms with E-state index in [0.717, 1.165) is 5.56 Å². The van der Waals surface area contributed by atoms with Crippen molar-refractivity contribution in [3.05, 3.63) is 29.8 Å². The third kappa shape index (κ3) is 4.76. The van der Waals surface area contributed by atoms with Crippen molar-refractivity contribution in [2.75, 3.05) is 39.3 Å². The summed E-state index contributed by atoms with van der Waals surface area (Å²) >= 11 is 0. The first-order valence-corrected chi connectivity index (χ1v) is 9.55. The molecule has 1 heterocycles. The Balaban J connectivity index is 1.90. The lowest BCUT2D eigenvalue weighted by Crippen LogP contribution is -2.52. The van der Waals surface area contributed by atoms with Crippen molar-refractivity contribution < 1.29 is 13.2 Å². The summed E-state index contributed by atoms with van der Waals surface area (Å²) in [5, 5.41) is 2.81. The molecule has 3 N–H and O–H groups in total. The monoisotopic (exact) mass is 354 g/mol. The highest BCUT2D eigenvalue weighted by atomic mass is 32.2. The van der Waals surface area contributed by atoms with Gasteiger partial charge in [-0.25, -0.2) is 8.42 Å². The highest BCUT2D eigenvalue weighted by Crippen LogP contribution is 2.18. The van der Waals surface area contributed by atoms with Gasteiger partial charge in [-0.2, -0.15) is 4.31 Å². The van der Waals surface area contributed by atoms with Gasteiger partial charge in [0.05, 0.1) is 11.4 Å². The Kier molecular flexibility index (Phi) is 6.34. The molecule has 7 nitrogen and oxygen atoms in total. The molecule has 1 aliphatic heterocycles. The summed E-state index contributed by atoms with van der Waals surface area (Å²) in [6.07, 6.45) is 0. The van der Waals surface area contributed by atoms with Gasteiger partial charge in [-0.05, 0) is 26.0 Å². The molecule has 0 bridgehead atoms. The second-order valence-corrected chi connectivity index (χ2v) is 8.14. The molecule has 0 unspecified atom stereocenters. The van der Waals surface area contributed by atoms with Gasteiger partial charge >= 0.3 is 0 Å². The van der Waals surface area contributed by atoms with Gasteiger partial charge in [0.1, 0.15) is 0 Å². The van der Waals surface area contributed by atoms with Crippen LogP contribution in [0.1, 0.15) is 12.5 Å². The first kappa shape index (κ1) is 18.9. The van der Waals surface area contributed by atoms with Crippen LogP contribution in [-0.2, 0) is 14.8 Å². The highest BCUT2D eigenvalue weighted by molar-refractivity contribution is 7.89. The van der Waals surface area contributed by atoms with Crippen LogP contribution >= 0.6 is 0 Å². The standard InChI is InChI=1S/C16H26N4O3S/c1-13-3-5-15(6-4-13)24(22,23)20-9-7-19(8-10-20)12-16(21)18-14(2)11-17/h3-6,14H,7-12,17H2,1-2H3,(H,18,21)/t14-/m0/s1. The predicted octanol–water partition coefficient (Wildman–Crippen LogP) is -0.235. The number of hydrogen-bond donors (Lipinski definition) is 2. The van der Waals surface area contributed by atoms with Crippen LogP contribution in [0.5, 0.6) is 0 Å². The average molecular weight is 354 g/mol. The third-order valence-electron chi connectivity index (χ3n) is 4.12. The molecule has 0 aliphatic carbocycles. The number of carbonyl (C=O) groups excluding carboxylic acids is 1. The van der Waals surface area contributed by atoms with Crippen molar-refractivity contribution in [2.24, 2.45) is 5.73 Å². The maximum Gasteiger partial charge on any atom is 0.243 e. The molecule has 1 fully saturated rings. The number of nitrogens with one attached hydrogen (secondary N) is 1. The number of rotatable bonds is 6. The molecule has 0 saturated carbocycles. The van der Waals surface area contributed by atoms with Gasteiger partial charge in [-0.3, -0.25) is 9.69 Å². The topological polar surface area (TPSA) is 95.7 Å². The summed E-state index contributed by atoms with van der Waals surface area (Å²) in [6.45, 7) is 6.28. The summed E-state index contributed by atoms with van der Waals surface area (Å²) in [6, 6.07) is 6.82. The van der Waals surface area contributed by atoms with Gasteiger partial charge in [0.2, 0.25) is 15.9 Å². The quantitative estimate of drug-likeness (QED) is 0.735. The molecule has 1 atom stereocenters. The van der Waals surface area contributed by atoms with E-state index in [0.29, 0.717) is 37.6 Å². The van der Waals surface area contributed by atoms with Crippen molar-refractivity contribution in [3.8, 4) is 0 Å². The van der Waals surface area contributed by atoms with Crippen LogP contribution in [-0.4, -0.2) is 68.8 Å². The van der Waals surface area contributed by atoms with Crippen molar-refractivity contribution in [1.29, 1.82) is 0 Å².